The molecule has 2 heterocycles. The molecule has 0 saturated carbocycles. The number of likely N-dealkylation sites (tertiary alicyclic amines) is 2. The molecule has 34 heavy (non-hydrogen) atoms. The molecule has 2 fully saturated rings. The third kappa shape index (κ3) is 6.29. The second-order valence-corrected chi connectivity index (χ2v) is 9.84. The highest BCUT2D eigenvalue weighted by Gasteiger charge is 2.43. The number of benzene rings is 1. The molecule has 9 nitrogen and oxygen atoms in total. The fraction of sp³-hybridized carbons (Fsp3) is 0.583. The largest absolute Gasteiger partial charge is 0.480 e. The zero-order chi connectivity index (χ0) is 24.7. The fourth-order valence-electron chi connectivity index (χ4n) is 4.68. The van der Waals surface area contributed by atoms with Crippen LogP contribution in [-0.4, -0.2) is 87.9 Å². The third-order valence-corrected chi connectivity index (χ3v) is 7.15. The van der Waals surface area contributed by atoms with Crippen LogP contribution in [-0.2, 0) is 25.6 Å². The summed E-state index contributed by atoms with van der Waals surface area (Å²) >= 11 is 1.62. The highest BCUT2D eigenvalue weighted by atomic mass is 32.2. The predicted octanol–water partition coefficient (Wildman–Crippen LogP) is 0.861. The summed E-state index contributed by atoms with van der Waals surface area (Å²) in [5, 5.41) is 12.3. The minimum Gasteiger partial charge on any atom is -0.480 e. The Hall–Kier alpha value is -2.59. The van der Waals surface area contributed by atoms with Crippen LogP contribution in [0.2, 0.25) is 0 Å². The lowest BCUT2D eigenvalue weighted by Gasteiger charge is -2.32. The molecule has 0 spiro atoms. The van der Waals surface area contributed by atoms with E-state index in [1.165, 1.54) is 4.90 Å². The van der Waals surface area contributed by atoms with E-state index in [1.54, 1.807) is 16.7 Å². The maximum absolute atomic E-state index is 13.4. The summed E-state index contributed by atoms with van der Waals surface area (Å²) in [7, 11) is 0. The smallest absolute Gasteiger partial charge is 0.326 e. The van der Waals surface area contributed by atoms with E-state index >= 15 is 0 Å². The third-order valence-electron chi connectivity index (χ3n) is 6.51. The molecule has 1 aromatic carbocycles. The molecule has 0 aliphatic carbocycles. The summed E-state index contributed by atoms with van der Waals surface area (Å²) in [5.41, 5.74) is 6.87. The topological polar surface area (TPSA) is 133 Å². The number of hydrogen-bond donors (Lipinski definition) is 3. The molecule has 4 atom stereocenters. The van der Waals surface area contributed by atoms with E-state index in [0.29, 0.717) is 45.2 Å². The quantitative estimate of drug-likeness (QED) is 0.443. The lowest BCUT2D eigenvalue weighted by atomic mass is 10.1. The molecule has 0 bridgehead atoms. The van der Waals surface area contributed by atoms with Crippen LogP contribution < -0.4 is 11.1 Å². The van der Waals surface area contributed by atoms with E-state index in [2.05, 4.69) is 5.32 Å². The molecule has 186 valence electrons. The average Bonchev–Trinajstić information content (AvgIpc) is 3.52. The molecule has 4 N–H and O–H groups in total. The highest BCUT2D eigenvalue weighted by molar-refractivity contribution is 7.98. The van der Waals surface area contributed by atoms with Crippen molar-refractivity contribution in [2.45, 2.75) is 62.7 Å². The van der Waals surface area contributed by atoms with Crippen LogP contribution in [0.4, 0.5) is 0 Å². The van der Waals surface area contributed by atoms with Crippen molar-refractivity contribution in [3.05, 3.63) is 35.9 Å². The number of nitrogens with two attached hydrogens (primary N) is 1. The van der Waals surface area contributed by atoms with Gasteiger partial charge in [-0.1, -0.05) is 30.3 Å². The van der Waals surface area contributed by atoms with Gasteiger partial charge in [0.05, 0.1) is 6.04 Å². The summed E-state index contributed by atoms with van der Waals surface area (Å²) in [6.07, 6.45) is 5.01. The van der Waals surface area contributed by atoms with Gasteiger partial charge >= 0.3 is 5.97 Å². The van der Waals surface area contributed by atoms with Crippen molar-refractivity contribution in [3.63, 3.8) is 0 Å². The summed E-state index contributed by atoms with van der Waals surface area (Å²) < 4.78 is 0. The summed E-state index contributed by atoms with van der Waals surface area (Å²) in [5.74, 6) is -1.31. The Morgan fingerprint density at radius 1 is 1.09 bits per heavy atom. The van der Waals surface area contributed by atoms with Crippen molar-refractivity contribution in [1.29, 1.82) is 0 Å². The predicted molar refractivity (Wildman–Crippen MR) is 130 cm³/mol. The van der Waals surface area contributed by atoms with E-state index in [-0.39, 0.29) is 18.2 Å². The average molecular weight is 491 g/mol. The number of carbonyl (C=O) groups is 4. The first-order chi connectivity index (χ1) is 16.3. The number of nitrogens with zero attached hydrogens (tertiary/aromatic N) is 2. The van der Waals surface area contributed by atoms with Crippen molar-refractivity contribution in [1.82, 2.24) is 15.1 Å². The molecule has 4 unspecified atom stereocenters. The number of rotatable bonds is 10. The minimum atomic E-state index is -1.13. The number of thioether (sulfide) groups is 1. The Balaban J connectivity index is 1.66. The Bertz CT molecular complexity index is 883. The molecule has 0 radical (unpaired) electrons. The lowest BCUT2D eigenvalue weighted by Crippen LogP contribution is -2.56. The highest BCUT2D eigenvalue weighted by Crippen LogP contribution is 2.26. The van der Waals surface area contributed by atoms with Gasteiger partial charge in [-0.2, -0.15) is 11.8 Å². The SMILES string of the molecule is CSCCC(N)C(=O)N1CCCC1C(=O)N1CCCC1C(=O)NC(Cc1ccccc1)C(=O)O. The van der Waals surface area contributed by atoms with Gasteiger partial charge in [0.2, 0.25) is 17.7 Å². The Kier molecular flexibility index (Phi) is 9.35. The van der Waals surface area contributed by atoms with Crippen molar-refractivity contribution in [2.24, 2.45) is 5.73 Å². The van der Waals surface area contributed by atoms with E-state index in [9.17, 15) is 24.3 Å². The van der Waals surface area contributed by atoms with E-state index in [0.717, 1.165) is 11.3 Å². The molecular weight excluding hydrogens is 456 g/mol. The molecule has 2 aliphatic heterocycles. The van der Waals surface area contributed by atoms with Gasteiger partial charge in [0.15, 0.2) is 0 Å². The van der Waals surface area contributed by atoms with Crippen LogP contribution in [0.15, 0.2) is 30.3 Å². The van der Waals surface area contributed by atoms with Gasteiger partial charge in [0, 0.05) is 19.5 Å². The summed E-state index contributed by atoms with van der Waals surface area (Å²) in [6, 6.07) is 5.98. The second-order valence-electron chi connectivity index (χ2n) is 8.86. The van der Waals surface area contributed by atoms with Crippen LogP contribution in [0.25, 0.3) is 0 Å². The van der Waals surface area contributed by atoms with Crippen LogP contribution in [0, 0.1) is 0 Å². The second kappa shape index (κ2) is 12.2. The van der Waals surface area contributed by atoms with Gasteiger partial charge < -0.3 is 26.0 Å². The maximum Gasteiger partial charge on any atom is 0.326 e. The van der Waals surface area contributed by atoms with E-state index in [4.69, 9.17) is 5.73 Å². The lowest BCUT2D eigenvalue weighted by molar-refractivity contribution is -0.148. The zero-order valence-electron chi connectivity index (χ0n) is 19.5. The summed E-state index contributed by atoms with van der Waals surface area (Å²) in [6.45, 7) is 0.884. The summed E-state index contributed by atoms with van der Waals surface area (Å²) in [4.78, 5) is 54.2. The molecule has 3 amide bonds. The van der Waals surface area contributed by atoms with Gasteiger partial charge in [-0.25, -0.2) is 4.79 Å². The van der Waals surface area contributed by atoms with Crippen molar-refractivity contribution in [3.8, 4) is 0 Å². The standard InChI is InChI=1S/C24H34N4O5S/c1-34-14-11-17(25)22(30)28-13-6-10-20(28)23(31)27-12-5-9-19(27)21(29)26-18(24(32)33)15-16-7-3-2-4-8-16/h2-4,7-8,17-20H,5-6,9-15,25H2,1H3,(H,26,29)(H,32,33). The number of nitrogens with one attached hydrogen (secondary N) is 1. The van der Waals surface area contributed by atoms with Gasteiger partial charge in [0.1, 0.15) is 18.1 Å². The van der Waals surface area contributed by atoms with Crippen LogP contribution in [0.1, 0.15) is 37.7 Å². The Labute approximate surface area is 204 Å². The number of carboxylic acids is 1. The minimum absolute atomic E-state index is 0.154. The first-order valence-corrected chi connectivity index (χ1v) is 13.2. The first-order valence-electron chi connectivity index (χ1n) is 11.8. The maximum atomic E-state index is 13.4. The number of amides is 3. The monoisotopic (exact) mass is 490 g/mol. The Morgan fingerprint density at radius 2 is 1.74 bits per heavy atom. The molecular formula is C24H34N4O5S. The zero-order valence-corrected chi connectivity index (χ0v) is 20.3. The molecule has 2 aliphatic rings. The molecule has 10 heteroatoms. The van der Waals surface area contributed by atoms with Gasteiger partial charge in [-0.15, -0.1) is 0 Å². The number of carboxylic acid groups (broad SMARTS) is 1. The van der Waals surface area contributed by atoms with Crippen molar-refractivity contribution < 1.29 is 24.3 Å². The number of aliphatic carboxylic acids is 1. The fourth-order valence-corrected chi connectivity index (χ4v) is 5.17. The van der Waals surface area contributed by atoms with Crippen molar-refractivity contribution in [2.75, 3.05) is 25.1 Å². The number of carbonyl (C=O) groups excluding carboxylic acids is 3. The van der Waals surface area contributed by atoms with E-state index in [1.807, 2.05) is 36.6 Å². The van der Waals surface area contributed by atoms with Crippen molar-refractivity contribution >= 4 is 35.5 Å². The normalized spacial score (nSPS) is 21.8. The Morgan fingerprint density at radius 3 is 2.38 bits per heavy atom. The van der Waals surface area contributed by atoms with Crippen LogP contribution in [0.3, 0.4) is 0 Å². The van der Waals surface area contributed by atoms with Gasteiger partial charge in [-0.05, 0) is 49.7 Å². The molecule has 1 aromatic rings. The first kappa shape index (κ1) is 26.0. The van der Waals surface area contributed by atoms with Crippen LogP contribution in [0.5, 0.6) is 0 Å². The molecule has 0 aromatic heterocycles. The van der Waals surface area contributed by atoms with Gasteiger partial charge in [0.25, 0.3) is 0 Å². The van der Waals surface area contributed by atoms with E-state index < -0.39 is 36.0 Å². The van der Waals surface area contributed by atoms with Gasteiger partial charge in [-0.3, -0.25) is 14.4 Å². The molecule has 3 rings (SSSR count). The number of hydrogen-bond acceptors (Lipinski definition) is 6. The van der Waals surface area contributed by atoms with Crippen LogP contribution >= 0.6 is 11.8 Å². The molecule has 2 saturated heterocycles.